The molecule has 8 rings (SSSR count). The largest absolute Gasteiger partial charge is 0.336 e. The van der Waals surface area contributed by atoms with Crippen molar-refractivity contribution < 1.29 is 8.78 Å². The average Bonchev–Trinajstić information content (AvgIpc) is 3.25. The summed E-state index contributed by atoms with van der Waals surface area (Å²) < 4.78 is 33.7. The van der Waals surface area contributed by atoms with E-state index in [4.69, 9.17) is 23.2 Å². The Morgan fingerprint density at radius 3 is 1.72 bits per heavy atom. The Morgan fingerprint density at radius 1 is 0.574 bits per heavy atom. The maximum atomic E-state index is 14.8. The van der Waals surface area contributed by atoms with Crippen LogP contribution in [0.25, 0.3) is 33.3 Å². The Bertz CT molecular complexity index is 3390. The summed E-state index contributed by atoms with van der Waals surface area (Å²) in [5.74, 6) is 9.57. The van der Waals surface area contributed by atoms with E-state index in [1.807, 2.05) is 62.4 Å². The molecule has 0 N–H and O–H groups in total. The molecule has 0 aliphatic carbocycles. The number of para-hydroxylation sites is 1. The van der Waals surface area contributed by atoms with E-state index in [2.05, 4.69) is 28.7 Å². The SMILES string of the molecule is CC(C)c1cccc2c(=O)n(-c3ccc(C#Cc4ccccc4)cc3Cl)c(=O)n(C)c12.Cn1c(=O)n(-c2c(F)cc(C#Cc3ccccc3)cc2F)c(=O)c2nccc(Cl)c21. The summed E-state index contributed by atoms with van der Waals surface area (Å²) >= 11 is 12.6. The fourth-order valence-corrected chi connectivity index (χ4v) is 7.27. The van der Waals surface area contributed by atoms with Gasteiger partial charge in [-0.15, -0.1) is 0 Å². The predicted octanol–water partition coefficient (Wildman–Crippen LogP) is 8.28. The minimum Gasteiger partial charge on any atom is -0.296 e. The molecule has 0 atom stereocenters. The molecule has 0 aliphatic heterocycles. The van der Waals surface area contributed by atoms with Crippen LogP contribution in [0.4, 0.5) is 8.78 Å². The van der Waals surface area contributed by atoms with Crippen LogP contribution in [0.15, 0.2) is 141 Å². The van der Waals surface area contributed by atoms with Crippen LogP contribution < -0.4 is 22.5 Å². The van der Waals surface area contributed by atoms with Gasteiger partial charge in [0.1, 0.15) is 5.69 Å². The summed E-state index contributed by atoms with van der Waals surface area (Å²) in [5.41, 5.74) is 0.630. The summed E-state index contributed by atoms with van der Waals surface area (Å²) in [6, 6.07) is 32.5. The lowest BCUT2D eigenvalue weighted by atomic mass is 10.00. The molecule has 0 radical (unpaired) electrons. The third-order valence-corrected chi connectivity index (χ3v) is 10.3. The monoisotopic (exact) mass is 851 g/mol. The van der Waals surface area contributed by atoms with E-state index in [-0.39, 0.29) is 33.1 Å². The van der Waals surface area contributed by atoms with Crippen LogP contribution in [0.2, 0.25) is 10.0 Å². The molecule has 8 aromatic rings. The molecule has 0 saturated carbocycles. The Morgan fingerprint density at radius 2 is 1.13 bits per heavy atom. The van der Waals surface area contributed by atoms with Crippen LogP contribution in [0.1, 0.15) is 47.6 Å². The first kappa shape index (κ1) is 41.8. The van der Waals surface area contributed by atoms with Crippen LogP contribution in [-0.2, 0) is 14.1 Å². The normalized spacial score (nSPS) is 10.8. The van der Waals surface area contributed by atoms with Gasteiger partial charge in [0, 0.05) is 42.5 Å². The second-order valence-corrected chi connectivity index (χ2v) is 14.9. The molecular formula is C48H33Cl2F2N5O4. The molecular weight excluding hydrogens is 819 g/mol. The predicted molar refractivity (Wildman–Crippen MR) is 236 cm³/mol. The number of hydrogen-bond acceptors (Lipinski definition) is 5. The molecule has 0 fully saturated rings. The van der Waals surface area contributed by atoms with E-state index < -0.39 is 34.3 Å². The van der Waals surface area contributed by atoms with Crippen molar-refractivity contribution in [3.63, 3.8) is 0 Å². The molecule has 0 amide bonds. The van der Waals surface area contributed by atoms with Crippen molar-refractivity contribution in [1.82, 2.24) is 23.3 Å². The fraction of sp³-hybridized carbons (Fsp3) is 0.104. The smallest absolute Gasteiger partial charge is 0.296 e. The van der Waals surface area contributed by atoms with Crippen LogP contribution in [0, 0.1) is 35.3 Å². The lowest BCUT2D eigenvalue weighted by molar-refractivity contribution is 0.558. The Kier molecular flexibility index (Phi) is 12.0. The van der Waals surface area contributed by atoms with Crippen molar-refractivity contribution in [2.24, 2.45) is 14.1 Å². The quantitative estimate of drug-likeness (QED) is 0.167. The van der Waals surface area contributed by atoms with Crippen LogP contribution in [0.3, 0.4) is 0 Å². The van der Waals surface area contributed by atoms with Crippen molar-refractivity contribution in [2.75, 3.05) is 0 Å². The Hall–Kier alpha value is -7.31. The third kappa shape index (κ3) is 8.30. The zero-order valence-electron chi connectivity index (χ0n) is 33.0. The number of benzene rings is 5. The van der Waals surface area contributed by atoms with Gasteiger partial charge in [0.15, 0.2) is 17.2 Å². The van der Waals surface area contributed by atoms with Gasteiger partial charge in [0.05, 0.1) is 32.2 Å². The first-order chi connectivity index (χ1) is 29.3. The highest BCUT2D eigenvalue weighted by Crippen LogP contribution is 2.25. The number of aryl methyl sites for hydroxylation is 2. The van der Waals surface area contributed by atoms with Crippen molar-refractivity contribution in [3.05, 3.63) is 213 Å². The van der Waals surface area contributed by atoms with E-state index in [0.717, 1.165) is 32.4 Å². The number of hydrogen-bond donors (Lipinski definition) is 0. The molecule has 61 heavy (non-hydrogen) atoms. The highest BCUT2D eigenvalue weighted by atomic mass is 35.5. The lowest BCUT2D eigenvalue weighted by Gasteiger charge is -2.16. The van der Waals surface area contributed by atoms with E-state index in [0.29, 0.717) is 37.3 Å². The first-order valence-electron chi connectivity index (χ1n) is 18.7. The number of pyridine rings is 1. The molecule has 302 valence electrons. The van der Waals surface area contributed by atoms with Gasteiger partial charge in [0.2, 0.25) is 0 Å². The van der Waals surface area contributed by atoms with Gasteiger partial charge in [-0.1, -0.05) is 109 Å². The number of nitrogens with zero attached hydrogens (tertiary/aromatic N) is 5. The summed E-state index contributed by atoms with van der Waals surface area (Å²) in [6.45, 7) is 4.08. The van der Waals surface area contributed by atoms with Crippen molar-refractivity contribution >= 4 is 45.1 Å². The number of aromatic nitrogens is 5. The number of fused-ring (bicyclic) bond motifs is 2. The molecule has 0 aliphatic rings. The van der Waals surface area contributed by atoms with Crippen LogP contribution >= 0.6 is 23.2 Å². The average molecular weight is 853 g/mol. The second-order valence-electron chi connectivity index (χ2n) is 14.0. The Labute approximate surface area is 357 Å². The minimum atomic E-state index is -1.10. The summed E-state index contributed by atoms with van der Waals surface area (Å²) in [4.78, 5) is 55.9. The van der Waals surface area contributed by atoms with E-state index in [1.165, 1.54) is 23.9 Å². The molecule has 0 spiro atoms. The maximum Gasteiger partial charge on any atom is 0.336 e. The Balaban J connectivity index is 0.000000184. The molecule has 3 heterocycles. The number of halogens is 4. The molecule has 0 saturated heterocycles. The zero-order valence-corrected chi connectivity index (χ0v) is 34.5. The first-order valence-corrected chi connectivity index (χ1v) is 19.5. The van der Waals surface area contributed by atoms with Crippen molar-refractivity contribution in [3.8, 4) is 35.1 Å². The van der Waals surface area contributed by atoms with Gasteiger partial charge < -0.3 is 0 Å². The minimum absolute atomic E-state index is 0.0597. The van der Waals surface area contributed by atoms with Gasteiger partial charge in [0.25, 0.3) is 11.1 Å². The van der Waals surface area contributed by atoms with E-state index in [1.54, 1.807) is 55.6 Å². The van der Waals surface area contributed by atoms with Crippen molar-refractivity contribution in [1.29, 1.82) is 0 Å². The summed E-state index contributed by atoms with van der Waals surface area (Å²) in [6.07, 6.45) is 1.27. The lowest BCUT2D eigenvalue weighted by Crippen LogP contribution is -2.39. The standard InChI is InChI=1S/C26H21ClN2O2.C22H12ClF2N3O2/c1-17(2)20-10-7-11-21-24(20)28(3)26(31)29(25(21)30)23-15-14-19(16-22(23)27)13-12-18-8-5-4-6-9-18;1-27-19-15(23)9-10-26-18(19)21(29)28(22(27)30)20-16(24)11-14(12-17(20)25)8-7-13-5-3-2-4-6-13/h4-11,14-17H,1-3H3;2-6,9-12H,1H3. The molecule has 13 heteroatoms. The highest BCUT2D eigenvalue weighted by Gasteiger charge is 2.22. The molecule has 5 aromatic carbocycles. The molecule has 3 aromatic heterocycles. The van der Waals surface area contributed by atoms with E-state index >= 15 is 0 Å². The number of rotatable bonds is 3. The summed E-state index contributed by atoms with van der Waals surface area (Å²) in [5, 5.41) is 0.895. The van der Waals surface area contributed by atoms with Crippen LogP contribution in [0.5, 0.6) is 0 Å². The van der Waals surface area contributed by atoms with Gasteiger partial charge in [-0.3, -0.25) is 18.7 Å². The van der Waals surface area contributed by atoms with E-state index in [9.17, 15) is 28.0 Å². The topological polar surface area (TPSA) is 101 Å². The maximum absolute atomic E-state index is 14.8. The molecule has 0 unspecified atom stereocenters. The van der Waals surface area contributed by atoms with Gasteiger partial charge in [-0.2, -0.15) is 0 Å². The third-order valence-electron chi connectivity index (χ3n) is 9.71. The fourth-order valence-electron chi connectivity index (χ4n) is 6.73. The molecule has 0 bridgehead atoms. The van der Waals surface area contributed by atoms with Crippen LogP contribution in [-0.4, -0.2) is 23.3 Å². The highest BCUT2D eigenvalue weighted by molar-refractivity contribution is 6.34. The van der Waals surface area contributed by atoms with Gasteiger partial charge in [-0.05, 0) is 78.2 Å². The molecule has 9 nitrogen and oxygen atoms in total. The van der Waals surface area contributed by atoms with Crippen molar-refractivity contribution in [2.45, 2.75) is 19.8 Å². The summed E-state index contributed by atoms with van der Waals surface area (Å²) in [7, 11) is 3.02. The van der Waals surface area contributed by atoms with Gasteiger partial charge in [-0.25, -0.2) is 32.5 Å². The van der Waals surface area contributed by atoms with Gasteiger partial charge >= 0.3 is 11.4 Å². The second kappa shape index (κ2) is 17.5. The zero-order chi connectivity index (χ0) is 43.5.